The maximum Gasteiger partial charge on any atom is 0.339 e. The fourth-order valence-corrected chi connectivity index (χ4v) is 0.991. The van der Waals surface area contributed by atoms with Crippen molar-refractivity contribution in [2.75, 3.05) is 0 Å². The molecule has 0 saturated carbocycles. The van der Waals surface area contributed by atoms with Crippen LogP contribution in [0.5, 0.6) is 5.75 Å². The summed E-state index contributed by atoms with van der Waals surface area (Å²) in [7, 11) is 0. The predicted molar refractivity (Wildman–Crippen MR) is 53.3 cm³/mol. The number of rotatable bonds is 2. The number of ether oxygens (including phenoxy) is 1. The molecule has 0 fully saturated rings. The van der Waals surface area contributed by atoms with Crippen LogP contribution in [0.15, 0.2) is 18.2 Å². The van der Waals surface area contributed by atoms with Crippen LogP contribution < -0.4 is 0 Å². The summed E-state index contributed by atoms with van der Waals surface area (Å²) in [5.41, 5.74) is 0.917. The Kier molecular flexibility index (Phi) is 3.29. The van der Waals surface area contributed by atoms with Gasteiger partial charge < -0.3 is 9.84 Å². The molecule has 4 heteroatoms. The molecule has 1 aromatic rings. The van der Waals surface area contributed by atoms with Crippen LogP contribution in [0.4, 0.5) is 0 Å². The summed E-state index contributed by atoms with van der Waals surface area (Å²) in [4.78, 5) is 11.4. The molecular weight excluding hydrogens is 194 g/mol. The summed E-state index contributed by atoms with van der Waals surface area (Å²) in [5, 5.41) is 17.8. The van der Waals surface area contributed by atoms with Gasteiger partial charge in [0.25, 0.3) is 0 Å². The number of hydrogen-bond acceptors (Lipinski definition) is 4. The molecule has 0 bridgehead atoms. The van der Waals surface area contributed by atoms with Crippen molar-refractivity contribution < 1.29 is 14.6 Å². The highest BCUT2D eigenvalue weighted by Gasteiger charge is 2.12. The molecule has 0 aliphatic carbocycles. The molecule has 0 aliphatic rings. The summed E-state index contributed by atoms with van der Waals surface area (Å²) >= 11 is 0. The highest BCUT2D eigenvalue weighted by atomic mass is 16.5. The monoisotopic (exact) mass is 205 g/mol. The molecule has 0 amide bonds. The lowest BCUT2D eigenvalue weighted by Crippen LogP contribution is -2.12. The third-order valence-electron chi connectivity index (χ3n) is 1.91. The minimum absolute atomic E-state index is 0.0362. The van der Waals surface area contributed by atoms with Gasteiger partial charge in [-0.05, 0) is 31.5 Å². The minimum atomic E-state index is -0.791. The van der Waals surface area contributed by atoms with Crippen molar-refractivity contribution in [3.05, 3.63) is 29.3 Å². The van der Waals surface area contributed by atoms with Crippen molar-refractivity contribution in [3.63, 3.8) is 0 Å². The number of aryl methyl sites for hydroxylation is 1. The van der Waals surface area contributed by atoms with E-state index in [1.54, 1.807) is 25.1 Å². The fraction of sp³-hybridized carbons (Fsp3) is 0.273. The summed E-state index contributed by atoms with van der Waals surface area (Å²) in [6.07, 6.45) is -0.791. The van der Waals surface area contributed by atoms with Gasteiger partial charge >= 0.3 is 5.97 Å². The first-order valence-electron chi connectivity index (χ1n) is 4.45. The van der Waals surface area contributed by atoms with Crippen molar-refractivity contribution in [3.8, 4) is 11.8 Å². The molecule has 0 spiro atoms. The van der Waals surface area contributed by atoms with Crippen LogP contribution in [0.1, 0.15) is 22.8 Å². The second-order valence-electron chi connectivity index (χ2n) is 3.18. The van der Waals surface area contributed by atoms with Crippen molar-refractivity contribution >= 4 is 5.97 Å². The summed E-state index contributed by atoms with van der Waals surface area (Å²) in [6, 6.07) is 6.26. The largest absolute Gasteiger partial charge is 0.508 e. The van der Waals surface area contributed by atoms with Crippen LogP contribution >= 0.6 is 0 Å². The standard InChI is InChI=1S/C11H11NO3/c1-7-3-4-9(5-10(7)13)11(14)15-8(2)6-12/h3-5,8,13H,1-2H3. The Hall–Kier alpha value is -2.02. The van der Waals surface area contributed by atoms with Gasteiger partial charge in [-0.15, -0.1) is 0 Å². The van der Waals surface area contributed by atoms with Crippen molar-refractivity contribution in [2.45, 2.75) is 20.0 Å². The molecule has 1 unspecified atom stereocenters. The molecule has 15 heavy (non-hydrogen) atoms. The molecule has 0 heterocycles. The van der Waals surface area contributed by atoms with Gasteiger partial charge in [0.15, 0.2) is 6.10 Å². The van der Waals surface area contributed by atoms with Crippen LogP contribution in [-0.2, 0) is 4.74 Å². The Labute approximate surface area is 87.7 Å². The van der Waals surface area contributed by atoms with Gasteiger partial charge in [-0.3, -0.25) is 0 Å². The van der Waals surface area contributed by atoms with Gasteiger partial charge in [0.2, 0.25) is 0 Å². The Morgan fingerprint density at radius 1 is 1.60 bits per heavy atom. The van der Waals surface area contributed by atoms with Crippen LogP contribution in [0.25, 0.3) is 0 Å². The van der Waals surface area contributed by atoms with E-state index in [9.17, 15) is 9.90 Å². The third kappa shape index (κ3) is 2.71. The van der Waals surface area contributed by atoms with Gasteiger partial charge in [-0.25, -0.2) is 4.79 Å². The normalized spacial score (nSPS) is 11.5. The molecular formula is C11H11NO3. The predicted octanol–water partition coefficient (Wildman–Crippen LogP) is 1.77. The molecule has 0 aliphatic heterocycles. The van der Waals surface area contributed by atoms with E-state index < -0.39 is 12.1 Å². The lowest BCUT2D eigenvalue weighted by atomic mass is 10.1. The highest BCUT2D eigenvalue weighted by molar-refractivity contribution is 5.90. The van der Waals surface area contributed by atoms with Gasteiger partial charge in [-0.1, -0.05) is 6.07 Å². The Morgan fingerprint density at radius 2 is 2.27 bits per heavy atom. The molecule has 1 N–H and O–H groups in total. The second kappa shape index (κ2) is 4.47. The van der Waals surface area contributed by atoms with E-state index in [4.69, 9.17) is 10.00 Å². The number of phenolic OH excluding ortho intramolecular Hbond substituents is 1. The first-order valence-corrected chi connectivity index (χ1v) is 4.45. The van der Waals surface area contributed by atoms with E-state index in [-0.39, 0.29) is 11.3 Å². The molecule has 1 rings (SSSR count). The number of aromatic hydroxyl groups is 1. The molecule has 0 aromatic heterocycles. The zero-order valence-corrected chi connectivity index (χ0v) is 8.52. The number of hydrogen-bond donors (Lipinski definition) is 1. The Morgan fingerprint density at radius 3 is 2.80 bits per heavy atom. The molecule has 1 atom stereocenters. The van der Waals surface area contributed by atoms with E-state index >= 15 is 0 Å². The van der Waals surface area contributed by atoms with Crippen molar-refractivity contribution in [1.82, 2.24) is 0 Å². The van der Waals surface area contributed by atoms with Gasteiger partial charge in [-0.2, -0.15) is 5.26 Å². The number of nitrogens with zero attached hydrogens (tertiary/aromatic N) is 1. The van der Waals surface area contributed by atoms with E-state index in [2.05, 4.69) is 0 Å². The Bertz CT molecular complexity index is 420. The fourth-order valence-electron chi connectivity index (χ4n) is 0.991. The lowest BCUT2D eigenvalue weighted by molar-refractivity contribution is 0.0435. The smallest absolute Gasteiger partial charge is 0.339 e. The average molecular weight is 205 g/mol. The maximum absolute atomic E-state index is 11.4. The molecule has 78 valence electrons. The number of nitriles is 1. The average Bonchev–Trinajstić information content (AvgIpc) is 2.21. The third-order valence-corrected chi connectivity index (χ3v) is 1.91. The number of esters is 1. The Balaban J connectivity index is 2.84. The van der Waals surface area contributed by atoms with Gasteiger partial charge in [0, 0.05) is 0 Å². The summed E-state index contributed by atoms with van der Waals surface area (Å²) < 4.78 is 4.77. The van der Waals surface area contributed by atoms with E-state index in [0.29, 0.717) is 5.56 Å². The van der Waals surface area contributed by atoms with E-state index in [1.807, 2.05) is 0 Å². The first kappa shape index (κ1) is 11.1. The summed E-state index contributed by atoms with van der Waals surface area (Å²) in [6.45, 7) is 3.20. The van der Waals surface area contributed by atoms with E-state index in [1.165, 1.54) is 13.0 Å². The molecule has 0 saturated heterocycles. The lowest BCUT2D eigenvalue weighted by Gasteiger charge is -2.06. The maximum atomic E-state index is 11.4. The molecule has 1 aromatic carbocycles. The van der Waals surface area contributed by atoms with Crippen LogP contribution in [0.2, 0.25) is 0 Å². The molecule has 0 radical (unpaired) electrons. The van der Waals surface area contributed by atoms with Gasteiger partial charge in [0.05, 0.1) is 5.56 Å². The van der Waals surface area contributed by atoms with Crippen molar-refractivity contribution in [2.24, 2.45) is 0 Å². The number of carbonyl (C=O) groups excluding carboxylic acids is 1. The second-order valence-corrected chi connectivity index (χ2v) is 3.18. The highest BCUT2D eigenvalue weighted by Crippen LogP contribution is 2.18. The van der Waals surface area contributed by atoms with Crippen molar-refractivity contribution in [1.29, 1.82) is 5.26 Å². The number of phenols is 1. The molecule has 4 nitrogen and oxygen atoms in total. The number of benzene rings is 1. The SMILES string of the molecule is Cc1ccc(C(=O)OC(C)C#N)cc1O. The van der Waals surface area contributed by atoms with Crippen LogP contribution in [-0.4, -0.2) is 17.2 Å². The summed E-state index contributed by atoms with van der Waals surface area (Å²) in [5.74, 6) is -0.576. The van der Waals surface area contributed by atoms with Crippen LogP contribution in [0.3, 0.4) is 0 Å². The quantitative estimate of drug-likeness (QED) is 0.747. The topological polar surface area (TPSA) is 70.3 Å². The van der Waals surface area contributed by atoms with Gasteiger partial charge in [0.1, 0.15) is 11.8 Å². The zero-order valence-electron chi connectivity index (χ0n) is 8.52. The minimum Gasteiger partial charge on any atom is -0.508 e. The van der Waals surface area contributed by atoms with E-state index in [0.717, 1.165) is 0 Å². The number of carbonyl (C=O) groups is 1. The van der Waals surface area contributed by atoms with Crippen LogP contribution in [0, 0.1) is 18.3 Å². The zero-order chi connectivity index (χ0) is 11.4. The first-order chi connectivity index (χ1) is 7.04.